The van der Waals surface area contributed by atoms with Crippen molar-refractivity contribution >= 4 is 5.69 Å². The maximum absolute atomic E-state index is 12.4. The van der Waals surface area contributed by atoms with Crippen LogP contribution in [0, 0.1) is 5.92 Å². The van der Waals surface area contributed by atoms with Gasteiger partial charge in [-0.3, -0.25) is 4.79 Å². The first kappa shape index (κ1) is 18.3. The zero-order valence-corrected chi connectivity index (χ0v) is 16.4. The minimum atomic E-state index is -0.790. The van der Waals surface area contributed by atoms with Crippen LogP contribution in [0.2, 0.25) is 0 Å². The van der Waals surface area contributed by atoms with E-state index in [1.807, 2.05) is 36.7 Å². The quantitative estimate of drug-likeness (QED) is 0.874. The highest BCUT2D eigenvalue weighted by atomic mass is 16.3. The lowest BCUT2D eigenvalue weighted by Crippen LogP contribution is -2.34. The van der Waals surface area contributed by atoms with Gasteiger partial charge in [-0.15, -0.1) is 0 Å². The molecule has 2 heterocycles. The highest BCUT2D eigenvalue weighted by Crippen LogP contribution is 2.32. The lowest BCUT2D eigenvalue weighted by Gasteiger charge is -2.34. The molecule has 2 fully saturated rings. The third kappa shape index (κ3) is 4.27. The Kier molecular flexibility index (Phi) is 4.85. The van der Waals surface area contributed by atoms with E-state index in [4.69, 9.17) is 0 Å². The molecule has 2 aliphatic rings. The van der Waals surface area contributed by atoms with Crippen molar-refractivity contribution in [1.29, 1.82) is 0 Å². The molecule has 144 valence electrons. The fourth-order valence-electron chi connectivity index (χ4n) is 4.06. The number of rotatable bonds is 5. The van der Waals surface area contributed by atoms with Gasteiger partial charge in [0.1, 0.15) is 0 Å². The average molecular weight is 367 g/mol. The predicted molar refractivity (Wildman–Crippen MR) is 109 cm³/mol. The van der Waals surface area contributed by atoms with Crippen LogP contribution in [0.4, 0.5) is 5.69 Å². The molecule has 27 heavy (non-hydrogen) atoms. The van der Waals surface area contributed by atoms with Gasteiger partial charge in [-0.2, -0.15) is 0 Å². The SMILES string of the molecule is CC(C)(O)c1ccc(C2CCN(c3ccn(CC4CC4)c(=O)c3)CC2)cc1. The molecule has 1 aliphatic heterocycles. The van der Waals surface area contributed by atoms with E-state index in [-0.39, 0.29) is 5.56 Å². The van der Waals surface area contributed by atoms with Gasteiger partial charge >= 0.3 is 0 Å². The Morgan fingerprint density at radius 2 is 1.70 bits per heavy atom. The number of aliphatic hydroxyl groups is 1. The zero-order valence-electron chi connectivity index (χ0n) is 16.4. The van der Waals surface area contributed by atoms with E-state index in [0.29, 0.717) is 11.8 Å². The largest absolute Gasteiger partial charge is 0.386 e. The van der Waals surface area contributed by atoms with Gasteiger partial charge in [0.2, 0.25) is 0 Å². The summed E-state index contributed by atoms with van der Waals surface area (Å²) in [7, 11) is 0. The number of aromatic nitrogens is 1. The summed E-state index contributed by atoms with van der Waals surface area (Å²) in [5.41, 5.74) is 2.70. The molecule has 1 saturated heterocycles. The molecule has 0 bridgehead atoms. The molecule has 2 aromatic rings. The summed E-state index contributed by atoms with van der Waals surface area (Å²) in [6.45, 7) is 6.47. The summed E-state index contributed by atoms with van der Waals surface area (Å²) < 4.78 is 1.86. The smallest absolute Gasteiger partial charge is 0.252 e. The van der Waals surface area contributed by atoms with Crippen LogP contribution in [0.15, 0.2) is 47.4 Å². The minimum absolute atomic E-state index is 0.128. The molecule has 0 radical (unpaired) electrons. The first-order valence-corrected chi connectivity index (χ1v) is 10.2. The second kappa shape index (κ2) is 7.16. The summed E-state index contributed by atoms with van der Waals surface area (Å²) in [6, 6.07) is 12.3. The lowest BCUT2D eigenvalue weighted by atomic mass is 9.87. The fourth-order valence-corrected chi connectivity index (χ4v) is 4.06. The number of benzene rings is 1. The van der Waals surface area contributed by atoms with E-state index in [0.717, 1.165) is 43.7 Å². The van der Waals surface area contributed by atoms with Crippen molar-refractivity contribution in [1.82, 2.24) is 4.57 Å². The van der Waals surface area contributed by atoms with Crippen molar-refractivity contribution in [2.24, 2.45) is 5.92 Å². The highest BCUT2D eigenvalue weighted by molar-refractivity contribution is 5.45. The monoisotopic (exact) mass is 366 g/mol. The Morgan fingerprint density at radius 1 is 1.04 bits per heavy atom. The van der Waals surface area contributed by atoms with Crippen LogP contribution in [0.25, 0.3) is 0 Å². The van der Waals surface area contributed by atoms with Crippen LogP contribution in [-0.2, 0) is 12.1 Å². The molecular formula is C23H30N2O2. The van der Waals surface area contributed by atoms with Gasteiger partial charge < -0.3 is 14.6 Å². The Hall–Kier alpha value is -2.07. The van der Waals surface area contributed by atoms with Crippen molar-refractivity contribution in [3.05, 3.63) is 64.1 Å². The first-order valence-electron chi connectivity index (χ1n) is 10.2. The van der Waals surface area contributed by atoms with Gasteiger partial charge in [0.15, 0.2) is 0 Å². The summed E-state index contributed by atoms with van der Waals surface area (Å²) in [5, 5.41) is 10.1. The van der Waals surface area contributed by atoms with E-state index in [1.54, 1.807) is 6.07 Å². The standard InChI is InChI=1S/C23H30N2O2/c1-23(2,27)20-7-5-18(6-8-20)19-9-12-24(13-10-19)21-11-14-25(22(26)15-21)16-17-3-4-17/h5-8,11,14-15,17,19,27H,3-4,9-10,12-13,16H2,1-2H3. The Labute approximate surface area is 161 Å². The van der Waals surface area contributed by atoms with Crippen molar-refractivity contribution in [3.8, 4) is 0 Å². The second-order valence-corrected chi connectivity index (χ2v) is 8.76. The van der Waals surface area contributed by atoms with E-state index in [2.05, 4.69) is 23.1 Å². The summed E-state index contributed by atoms with van der Waals surface area (Å²) in [6.07, 6.45) is 6.68. The Balaban J connectivity index is 1.38. The van der Waals surface area contributed by atoms with Crippen molar-refractivity contribution in [2.75, 3.05) is 18.0 Å². The van der Waals surface area contributed by atoms with E-state index >= 15 is 0 Å². The molecular weight excluding hydrogens is 336 g/mol. The summed E-state index contributed by atoms with van der Waals surface area (Å²) in [4.78, 5) is 14.7. The third-order valence-electron chi connectivity index (χ3n) is 6.08. The molecule has 0 spiro atoms. The molecule has 4 heteroatoms. The van der Waals surface area contributed by atoms with Gasteiger partial charge in [0.05, 0.1) is 5.60 Å². The summed E-state index contributed by atoms with van der Waals surface area (Å²) in [5.74, 6) is 1.26. The van der Waals surface area contributed by atoms with Crippen LogP contribution in [0.3, 0.4) is 0 Å². The number of nitrogens with zero attached hydrogens (tertiary/aromatic N) is 2. The van der Waals surface area contributed by atoms with Gasteiger partial charge in [-0.05, 0) is 68.6 Å². The van der Waals surface area contributed by atoms with Gasteiger partial charge in [0.25, 0.3) is 5.56 Å². The predicted octanol–water partition coefficient (Wildman–Crippen LogP) is 3.87. The second-order valence-electron chi connectivity index (χ2n) is 8.76. The molecule has 1 saturated carbocycles. The van der Waals surface area contributed by atoms with Crippen LogP contribution in [-0.4, -0.2) is 22.8 Å². The highest BCUT2D eigenvalue weighted by Gasteiger charge is 2.24. The number of hydrogen-bond donors (Lipinski definition) is 1. The van der Waals surface area contributed by atoms with Crippen LogP contribution in [0.1, 0.15) is 56.6 Å². The van der Waals surface area contributed by atoms with Gasteiger partial charge in [0, 0.05) is 37.6 Å². The Bertz CT molecular complexity index is 836. The zero-order chi connectivity index (χ0) is 19.0. The molecule has 4 nitrogen and oxygen atoms in total. The van der Waals surface area contributed by atoms with E-state index in [1.165, 1.54) is 18.4 Å². The first-order chi connectivity index (χ1) is 12.9. The van der Waals surface area contributed by atoms with E-state index < -0.39 is 5.60 Å². The minimum Gasteiger partial charge on any atom is -0.386 e. The molecule has 0 unspecified atom stereocenters. The maximum Gasteiger partial charge on any atom is 0.252 e. The number of piperidine rings is 1. The molecule has 0 atom stereocenters. The molecule has 1 N–H and O–H groups in total. The fraction of sp³-hybridized carbons (Fsp3) is 0.522. The third-order valence-corrected chi connectivity index (χ3v) is 6.08. The van der Waals surface area contributed by atoms with Crippen molar-refractivity contribution in [3.63, 3.8) is 0 Å². The maximum atomic E-state index is 12.4. The average Bonchev–Trinajstić information content (AvgIpc) is 3.47. The van der Waals surface area contributed by atoms with E-state index in [9.17, 15) is 9.90 Å². The van der Waals surface area contributed by atoms with Gasteiger partial charge in [-0.1, -0.05) is 24.3 Å². The molecule has 4 rings (SSSR count). The van der Waals surface area contributed by atoms with Gasteiger partial charge in [-0.25, -0.2) is 0 Å². The molecule has 1 aromatic heterocycles. The molecule has 1 aliphatic carbocycles. The molecule has 1 aromatic carbocycles. The van der Waals surface area contributed by atoms with Crippen molar-refractivity contribution < 1.29 is 5.11 Å². The number of pyridine rings is 1. The molecule has 0 amide bonds. The van der Waals surface area contributed by atoms with Crippen LogP contribution in [0.5, 0.6) is 0 Å². The number of hydrogen-bond acceptors (Lipinski definition) is 3. The summed E-state index contributed by atoms with van der Waals surface area (Å²) >= 11 is 0. The van der Waals surface area contributed by atoms with Crippen molar-refractivity contribution in [2.45, 2.75) is 57.6 Å². The normalized spacial score (nSPS) is 18.7. The number of anilines is 1. The van der Waals surface area contributed by atoms with Crippen LogP contribution >= 0.6 is 0 Å². The van der Waals surface area contributed by atoms with Crippen LogP contribution < -0.4 is 10.5 Å². The lowest BCUT2D eigenvalue weighted by molar-refractivity contribution is 0.0786. The topological polar surface area (TPSA) is 45.5 Å². The Morgan fingerprint density at radius 3 is 2.26 bits per heavy atom.